The van der Waals surface area contributed by atoms with E-state index in [0.29, 0.717) is 3.57 Å². The third-order valence-corrected chi connectivity index (χ3v) is 5.41. The number of hydrogen-bond acceptors (Lipinski definition) is 6. The first kappa shape index (κ1) is 23.6. The third-order valence-electron chi connectivity index (χ3n) is 4.57. The Morgan fingerprint density at radius 3 is 2.47 bits per heavy atom. The molecule has 0 radical (unpaired) electrons. The van der Waals surface area contributed by atoms with Crippen LogP contribution in [0.5, 0.6) is 5.75 Å². The van der Waals surface area contributed by atoms with Gasteiger partial charge in [0.05, 0.1) is 34.7 Å². The van der Waals surface area contributed by atoms with E-state index in [-0.39, 0.29) is 22.6 Å². The van der Waals surface area contributed by atoms with Gasteiger partial charge in [0.15, 0.2) is 23.3 Å². The van der Waals surface area contributed by atoms with Gasteiger partial charge in [-0.3, -0.25) is 0 Å². The van der Waals surface area contributed by atoms with Crippen molar-refractivity contribution in [3.63, 3.8) is 0 Å². The molecule has 0 atom stereocenters. The second kappa shape index (κ2) is 9.59. The van der Waals surface area contributed by atoms with Crippen molar-refractivity contribution in [3.8, 4) is 5.75 Å². The first-order valence-electron chi connectivity index (χ1n) is 8.96. The van der Waals surface area contributed by atoms with Crippen LogP contribution < -0.4 is 15.8 Å². The van der Waals surface area contributed by atoms with Crippen LogP contribution in [0.25, 0.3) is 0 Å². The number of nitrogen functional groups attached to an aromatic ring is 1. The Labute approximate surface area is 193 Å². The van der Waals surface area contributed by atoms with Crippen molar-refractivity contribution in [1.82, 2.24) is 4.98 Å². The maximum absolute atomic E-state index is 15.0. The van der Waals surface area contributed by atoms with Gasteiger partial charge in [0.25, 0.3) is 0 Å². The summed E-state index contributed by atoms with van der Waals surface area (Å²) in [5.74, 6) is -5.64. The molecule has 0 aliphatic rings. The maximum Gasteiger partial charge on any atom is 0.340 e. The van der Waals surface area contributed by atoms with Gasteiger partial charge in [-0.2, -0.15) is 0 Å². The number of rotatable bonds is 6. The number of carbonyl (C=O) groups is 1. The normalized spacial score (nSPS) is 10.7. The van der Waals surface area contributed by atoms with E-state index in [1.807, 2.05) is 22.6 Å². The molecular weight excluding hydrogens is 545 g/mol. The number of benzene rings is 2. The summed E-state index contributed by atoms with van der Waals surface area (Å²) in [6.45, 7) is 0. The molecule has 0 saturated heterocycles. The second-order valence-corrected chi connectivity index (χ2v) is 7.68. The molecule has 0 aliphatic carbocycles. The number of hydrogen-bond donors (Lipinski definition) is 2. The van der Waals surface area contributed by atoms with Crippen LogP contribution in [0, 0.1) is 26.8 Å². The largest absolute Gasteiger partial charge is 0.496 e. The lowest BCUT2D eigenvalue weighted by molar-refractivity contribution is 0.0601. The van der Waals surface area contributed by atoms with E-state index in [9.17, 15) is 18.0 Å². The number of methoxy groups -OCH3 is 2. The van der Waals surface area contributed by atoms with E-state index in [0.717, 1.165) is 19.2 Å². The second-order valence-electron chi connectivity index (χ2n) is 6.52. The predicted octanol–water partition coefficient (Wildman–Crippen LogP) is 4.95. The molecule has 1 heterocycles. The van der Waals surface area contributed by atoms with Gasteiger partial charge in [0.1, 0.15) is 11.6 Å². The Hall–Kier alpha value is -3.09. The molecule has 168 valence electrons. The quantitative estimate of drug-likeness (QED) is 0.252. The summed E-state index contributed by atoms with van der Waals surface area (Å²) in [6.07, 6.45) is 0.795. The highest BCUT2D eigenvalue weighted by atomic mass is 127. The van der Waals surface area contributed by atoms with Crippen LogP contribution in [0.4, 0.5) is 34.8 Å². The molecular formula is C21H16F4IN3O3. The van der Waals surface area contributed by atoms with Gasteiger partial charge < -0.3 is 20.5 Å². The van der Waals surface area contributed by atoms with Gasteiger partial charge in [-0.1, -0.05) is 0 Å². The van der Waals surface area contributed by atoms with E-state index in [1.54, 1.807) is 0 Å². The number of aromatic nitrogens is 1. The Kier molecular flexibility index (Phi) is 7.06. The highest BCUT2D eigenvalue weighted by Gasteiger charge is 2.25. The van der Waals surface area contributed by atoms with Crippen molar-refractivity contribution < 1.29 is 31.8 Å². The van der Waals surface area contributed by atoms with Crippen molar-refractivity contribution in [3.05, 3.63) is 74.0 Å². The number of anilines is 3. The summed E-state index contributed by atoms with van der Waals surface area (Å²) >= 11 is 1.84. The topological polar surface area (TPSA) is 86.5 Å². The molecule has 0 fully saturated rings. The molecule has 0 unspecified atom stereocenters. The van der Waals surface area contributed by atoms with Crippen molar-refractivity contribution >= 4 is 45.8 Å². The molecule has 3 rings (SSSR count). The SMILES string of the molecule is COC(=O)c1cc(Cc2ccnc(N)c2F)c(F)c(F)c1Nc1cc(OC)c(I)cc1F. The maximum atomic E-state index is 15.0. The summed E-state index contributed by atoms with van der Waals surface area (Å²) in [7, 11) is 2.41. The number of ether oxygens (including phenoxy) is 2. The van der Waals surface area contributed by atoms with Crippen molar-refractivity contribution in [2.75, 3.05) is 25.3 Å². The average molecular weight is 561 g/mol. The lowest BCUT2D eigenvalue weighted by atomic mass is 10.00. The summed E-state index contributed by atoms with van der Waals surface area (Å²) in [6, 6.07) is 4.61. The Bertz CT molecular complexity index is 1210. The highest BCUT2D eigenvalue weighted by molar-refractivity contribution is 14.1. The monoisotopic (exact) mass is 561 g/mol. The zero-order valence-electron chi connectivity index (χ0n) is 16.7. The van der Waals surface area contributed by atoms with Crippen LogP contribution >= 0.6 is 22.6 Å². The molecule has 3 N–H and O–H groups in total. The zero-order valence-corrected chi connectivity index (χ0v) is 18.9. The molecule has 1 aromatic heterocycles. The minimum absolute atomic E-state index is 0.0549. The summed E-state index contributed by atoms with van der Waals surface area (Å²) < 4.78 is 68.8. The smallest absolute Gasteiger partial charge is 0.340 e. The van der Waals surface area contributed by atoms with Crippen LogP contribution in [0.1, 0.15) is 21.5 Å². The van der Waals surface area contributed by atoms with Gasteiger partial charge in [0, 0.05) is 18.7 Å². The van der Waals surface area contributed by atoms with Crippen molar-refractivity contribution in [1.29, 1.82) is 0 Å². The predicted molar refractivity (Wildman–Crippen MR) is 118 cm³/mol. The molecule has 2 aromatic carbocycles. The molecule has 32 heavy (non-hydrogen) atoms. The van der Waals surface area contributed by atoms with Crippen molar-refractivity contribution in [2.24, 2.45) is 0 Å². The fourth-order valence-electron chi connectivity index (χ4n) is 2.96. The Morgan fingerprint density at radius 2 is 1.81 bits per heavy atom. The van der Waals surface area contributed by atoms with Crippen LogP contribution in [0.2, 0.25) is 0 Å². The first-order valence-corrected chi connectivity index (χ1v) is 10.0. The van der Waals surface area contributed by atoms with Crippen LogP contribution in [0.3, 0.4) is 0 Å². The van der Waals surface area contributed by atoms with Gasteiger partial charge in [-0.25, -0.2) is 27.3 Å². The van der Waals surface area contributed by atoms with Gasteiger partial charge in [-0.15, -0.1) is 0 Å². The fourth-order valence-corrected chi connectivity index (χ4v) is 3.61. The minimum atomic E-state index is -1.47. The van der Waals surface area contributed by atoms with Gasteiger partial charge >= 0.3 is 5.97 Å². The number of nitrogens with zero attached hydrogens (tertiary/aromatic N) is 1. The molecule has 11 heteroatoms. The molecule has 0 spiro atoms. The standard InChI is InChI=1S/C21H16F4IN3O3/c1-31-15-8-14(12(22)7-13(15)26)29-19-11(21(30)32-2)6-10(16(23)18(19)25)5-9-3-4-28-20(27)17(9)24/h3-4,6-8,29H,5H2,1-2H3,(H2,27,28). The van der Waals surface area contributed by atoms with E-state index in [2.05, 4.69) is 15.0 Å². The zero-order chi connectivity index (χ0) is 23.6. The Balaban J connectivity index is 2.12. The number of nitrogens with two attached hydrogens (primary N) is 1. The molecule has 6 nitrogen and oxygen atoms in total. The van der Waals surface area contributed by atoms with E-state index < -0.39 is 52.7 Å². The van der Waals surface area contributed by atoms with E-state index >= 15 is 4.39 Å². The van der Waals surface area contributed by atoms with Crippen molar-refractivity contribution in [2.45, 2.75) is 6.42 Å². The fraction of sp³-hybridized carbons (Fsp3) is 0.143. The molecule has 0 bridgehead atoms. The number of halogens is 5. The Morgan fingerprint density at radius 1 is 1.09 bits per heavy atom. The summed E-state index contributed by atoms with van der Waals surface area (Å²) in [4.78, 5) is 15.9. The van der Waals surface area contributed by atoms with Gasteiger partial charge in [-0.05, 0) is 51.9 Å². The highest BCUT2D eigenvalue weighted by Crippen LogP contribution is 2.34. The number of pyridine rings is 1. The molecule has 0 amide bonds. The third kappa shape index (κ3) is 4.56. The van der Waals surface area contributed by atoms with E-state index in [4.69, 9.17) is 10.5 Å². The first-order chi connectivity index (χ1) is 15.2. The molecule has 0 saturated carbocycles. The van der Waals surface area contributed by atoms with Crippen LogP contribution in [-0.4, -0.2) is 25.2 Å². The van der Waals surface area contributed by atoms with Crippen LogP contribution in [-0.2, 0) is 11.2 Å². The number of carbonyl (C=O) groups excluding carboxylic acids is 1. The molecule has 0 aliphatic heterocycles. The van der Waals surface area contributed by atoms with Crippen LogP contribution in [0.15, 0.2) is 30.5 Å². The average Bonchev–Trinajstić information content (AvgIpc) is 2.77. The lowest BCUT2D eigenvalue weighted by Gasteiger charge is -2.17. The van der Waals surface area contributed by atoms with Gasteiger partial charge in [0.2, 0.25) is 0 Å². The number of esters is 1. The summed E-state index contributed by atoms with van der Waals surface area (Å²) in [5.41, 5.74) is 3.71. The molecule has 3 aromatic rings. The van der Waals surface area contributed by atoms with E-state index in [1.165, 1.54) is 25.4 Å². The summed E-state index contributed by atoms with van der Waals surface area (Å²) in [5, 5.41) is 2.40. The number of nitrogens with one attached hydrogen (secondary N) is 1. The lowest BCUT2D eigenvalue weighted by Crippen LogP contribution is -2.12. The minimum Gasteiger partial charge on any atom is -0.496 e.